The molecule has 0 spiro atoms. The maximum atomic E-state index is 14.7. The predicted octanol–water partition coefficient (Wildman–Crippen LogP) is 17.5. The first-order valence-corrected chi connectivity index (χ1v) is 26.5. The van der Waals surface area contributed by atoms with Gasteiger partial charge in [0.15, 0.2) is 0 Å². The molecule has 0 bridgehead atoms. The normalized spacial score (nSPS) is 12.4. The summed E-state index contributed by atoms with van der Waals surface area (Å²) in [5.74, 6) is 0. The van der Waals surface area contributed by atoms with E-state index in [1.54, 1.807) is 11.3 Å². The lowest BCUT2D eigenvalue weighted by atomic mass is 9.96. The summed E-state index contributed by atoms with van der Waals surface area (Å²) in [5.41, 5.74) is 13.2. The Bertz CT molecular complexity index is 5430. The average molecular weight is 978 g/mol. The largest absolute Gasteiger partial charge is 0.275 e. The minimum absolute atomic E-state index is 0.000500. The molecule has 0 aliphatic carbocycles. The lowest BCUT2D eigenvalue weighted by Crippen LogP contribution is -2.13. The van der Waals surface area contributed by atoms with Crippen LogP contribution in [0.5, 0.6) is 0 Å². The minimum atomic E-state index is -0.0426. The number of fused-ring (bicyclic) bond motifs is 16. The standard InChI is InChI=1S/C67H35N3O2S2/c71-66-51-14-5-4-12-44(51)54-33-41(43-16-9-17-49-45-13-6-7-19-59(45)73-65(43)49)34-55-53-32-40(23-27-58(53)69(66)62(54)55)42-15-8-18-50-46-24-20-39(35-60(46)74-64(42)50)38-21-25-47-56(31-38)67(72)70-57-26-22-37(36-10-2-1-3-11-36)30-52(57)48-28-29-68-61(47)63(48)70/h1-35H. The number of thiophene rings is 2. The van der Waals surface area contributed by atoms with E-state index >= 15 is 0 Å². The topological polar surface area (TPSA) is 55.8 Å². The van der Waals surface area contributed by atoms with Crippen molar-refractivity contribution < 1.29 is 0 Å². The molecular formula is C67H35N3O2S2. The van der Waals surface area contributed by atoms with Crippen molar-refractivity contribution in [1.29, 1.82) is 0 Å². The van der Waals surface area contributed by atoms with Gasteiger partial charge in [-0.3, -0.25) is 23.4 Å². The Kier molecular flexibility index (Phi) is 8.00. The van der Waals surface area contributed by atoms with Crippen molar-refractivity contribution in [2.75, 3.05) is 0 Å². The number of benzene rings is 10. The van der Waals surface area contributed by atoms with Gasteiger partial charge in [0.05, 0.1) is 33.0 Å². The van der Waals surface area contributed by atoms with Crippen molar-refractivity contribution >= 4 is 139 Å². The molecule has 0 saturated carbocycles. The summed E-state index contributed by atoms with van der Waals surface area (Å²) >= 11 is 3.64. The Morgan fingerprint density at radius 2 is 0.838 bits per heavy atom. The summed E-state index contributed by atoms with van der Waals surface area (Å²) < 4.78 is 8.73. The highest BCUT2D eigenvalue weighted by Gasteiger charge is 2.23. The zero-order chi connectivity index (χ0) is 48.5. The van der Waals surface area contributed by atoms with Crippen LogP contribution < -0.4 is 11.1 Å². The number of pyridine rings is 3. The third-order valence-corrected chi connectivity index (χ3v) is 18.3. The van der Waals surface area contributed by atoms with Crippen LogP contribution in [-0.2, 0) is 0 Å². The molecule has 17 aromatic rings. The van der Waals surface area contributed by atoms with Gasteiger partial charge in [-0.1, -0.05) is 140 Å². The summed E-state index contributed by atoms with van der Waals surface area (Å²) in [4.78, 5) is 34.2. The monoisotopic (exact) mass is 977 g/mol. The quantitative estimate of drug-likeness (QED) is 0.165. The molecule has 17 rings (SSSR count). The fourth-order valence-electron chi connectivity index (χ4n) is 12.5. The van der Waals surface area contributed by atoms with E-state index in [9.17, 15) is 9.59 Å². The van der Waals surface area contributed by atoms with Gasteiger partial charge in [0.2, 0.25) is 0 Å². The molecule has 10 aromatic carbocycles. The highest BCUT2D eigenvalue weighted by atomic mass is 32.1. The fourth-order valence-corrected chi connectivity index (χ4v) is 15.0. The van der Waals surface area contributed by atoms with Crippen LogP contribution in [0.1, 0.15) is 0 Å². The summed E-state index contributed by atoms with van der Waals surface area (Å²) in [7, 11) is 0. The highest BCUT2D eigenvalue weighted by Crippen LogP contribution is 2.46. The van der Waals surface area contributed by atoms with Gasteiger partial charge in [-0.15, -0.1) is 22.7 Å². The van der Waals surface area contributed by atoms with E-state index in [-0.39, 0.29) is 11.1 Å². The van der Waals surface area contributed by atoms with Gasteiger partial charge < -0.3 is 0 Å². The molecule has 7 aromatic heterocycles. The van der Waals surface area contributed by atoms with Crippen molar-refractivity contribution in [1.82, 2.24) is 13.8 Å². The predicted molar refractivity (Wildman–Crippen MR) is 314 cm³/mol. The van der Waals surface area contributed by atoms with Crippen LogP contribution in [0.4, 0.5) is 0 Å². The molecule has 0 amide bonds. The van der Waals surface area contributed by atoms with Crippen molar-refractivity contribution in [2.45, 2.75) is 0 Å². The van der Waals surface area contributed by atoms with E-state index in [0.717, 1.165) is 104 Å². The Balaban J connectivity index is 0.823. The number of nitrogens with zero attached hydrogens (tertiary/aromatic N) is 3. The molecule has 0 aliphatic heterocycles. The maximum Gasteiger partial charge on any atom is 0.263 e. The van der Waals surface area contributed by atoms with Gasteiger partial charge in [0, 0.05) is 84.2 Å². The van der Waals surface area contributed by atoms with Gasteiger partial charge >= 0.3 is 0 Å². The Labute approximate surface area is 428 Å². The van der Waals surface area contributed by atoms with Crippen molar-refractivity contribution in [2.24, 2.45) is 0 Å². The first-order valence-electron chi connectivity index (χ1n) is 24.8. The van der Waals surface area contributed by atoms with Gasteiger partial charge in [-0.05, 0) is 117 Å². The fraction of sp³-hybridized carbons (Fsp3) is 0. The molecule has 0 unspecified atom stereocenters. The van der Waals surface area contributed by atoms with Crippen LogP contribution in [0.15, 0.2) is 222 Å². The molecule has 0 saturated heterocycles. The molecule has 7 heteroatoms. The van der Waals surface area contributed by atoms with E-state index in [4.69, 9.17) is 4.98 Å². The van der Waals surface area contributed by atoms with Crippen molar-refractivity contribution in [3.8, 4) is 44.5 Å². The molecule has 0 N–H and O–H groups in total. The molecule has 74 heavy (non-hydrogen) atoms. The zero-order valence-electron chi connectivity index (χ0n) is 39.2. The third kappa shape index (κ3) is 5.38. The van der Waals surface area contributed by atoms with Crippen LogP contribution in [0, 0.1) is 0 Å². The first kappa shape index (κ1) is 40.3. The summed E-state index contributed by atoms with van der Waals surface area (Å²) in [6.07, 6.45) is 1.86. The number of hydrogen-bond donors (Lipinski definition) is 0. The third-order valence-electron chi connectivity index (χ3n) is 15.9. The molecule has 5 nitrogen and oxygen atoms in total. The lowest BCUT2D eigenvalue weighted by Gasteiger charge is -2.10. The molecule has 0 aliphatic rings. The Hall–Kier alpha value is -9.27. The van der Waals surface area contributed by atoms with Crippen LogP contribution in [0.2, 0.25) is 0 Å². The second-order valence-corrected chi connectivity index (χ2v) is 21.8. The van der Waals surface area contributed by atoms with Crippen LogP contribution in [0.25, 0.3) is 161 Å². The second kappa shape index (κ2) is 14.7. The molecule has 0 fully saturated rings. The lowest BCUT2D eigenvalue weighted by molar-refractivity contribution is 1.20. The van der Waals surface area contributed by atoms with Gasteiger partial charge in [0.1, 0.15) is 0 Å². The van der Waals surface area contributed by atoms with E-state index in [1.165, 1.54) is 45.9 Å². The number of hydrogen-bond acceptors (Lipinski definition) is 5. The smallest absolute Gasteiger partial charge is 0.263 e. The van der Waals surface area contributed by atoms with E-state index < -0.39 is 0 Å². The zero-order valence-corrected chi connectivity index (χ0v) is 40.8. The molecule has 7 heterocycles. The summed E-state index contributed by atoms with van der Waals surface area (Å²) in [6, 6.07) is 72.9. The Morgan fingerprint density at radius 3 is 1.64 bits per heavy atom. The minimum Gasteiger partial charge on any atom is -0.275 e. The van der Waals surface area contributed by atoms with Crippen LogP contribution in [0.3, 0.4) is 0 Å². The number of aromatic nitrogens is 3. The van der Waals surface area contributed by atoms with Gasteiger partial charge in [-0.2, -0.15) is 0 Å². The summed E-state index contributed by atoms with van der Waals surface area (Å²) in [6.45, 7) is 0. The average Bonchev–Trinajstić information content (AvgIpc) is 4.28. The summed E-state index contributed by atoms with van der Waals surface area (Å²) in [5, 5.41) is 13.4. The van der Waals surface area contributed by atoms with Crippen LogP contribution in [-0.4, -0.2) is 13.8 Å². The maximum absolute atomic E-state index is 14.7. The molecule has 0 atom stereocenters. The van der Waals surface area contributed by atoms with Crippen molar-refractivity contribution in [3.05, 3.63) is 233 Å². The second-order valence-electron chi connectivity index (χ2n) is 19.7. The Morgan fingerprint density at radius 1 is 0.311 bits per heavy atom. The SMILES string of the molecule is O=c1c2ccccc2c2cc(-c3cccc4c3sc3ccccc34)cc3c4cc(-c5cccc6c5sc5cc(-c7ccc8c(c7)c(=O)n7c9ccc(-c%10ccccc%10)cc9c9ccnc8c97)ccc56)ccc4n1c23. The molecular weight excluding hydrogens is 943 g/mol. The molecule has 342 valence electrons. The number of rotatable bonds is 4. The van der Waals surface area contributed by atoms with Gasteiger partial charge in [0.25, 0.3) is 11.1 Å². The van der Waals surface area contributed by atoms with E-state index in [0.29, 0.717) is 10.8 Å². The van der Waals surface area contributed by atoms with Crippen LogP contribution >= 0.6 is 22.7 Å². The van der Waals surface area contributed by atoms with Gasteiger partial charge in [-0.25, -0.2) is 0 Å². The first-order chi connectivity index (χ1) is 36.5. The van der Waals surface area contributed by atoms with E-state index in [1.807, 2.05) is 56.7 Å². The van der Waals surface area contributed by atoms with E-state index in [2.05, 4.69) is 176 Å². The van der Waals surface area contributed by atoms with Crippen molar-refractivity contribution in [3.63, 3.8) is 0 Å². The molecule has 0 radical (unpaired) electrons. The highest BCUT2D eigenvalue weighted by molar-refractivity contribution is 7.26.